The number of nitriles is 1. The van der Waals surface area contributed by atoms with Crippen molar-refractivity contribution in [2.75, 3.05) is 0 Å². The van der Waals surface area contributed by atoms with Crippen LogP contribution in [0.4, 0.5) is 0 Å². The molecule has 106 valence electrons. The monoisotopic (exact) mass is 317 g/mol. The third kappa shape index (κ3) is 2.52. The predicted octanol–water partition coefficient (Wildman–Crippen LogP) is 3.56. The molecule has 0 spiro atoms. The van der Waals surface area contributed by atoms with E-state index in [0.717, 1.165) is 16.0 Å². The summed E-state index contributed by atoms with van der Waals surface area (Å²) in [5.41, 5.74) is 0.251. The highest BCUT2D eigenvalue weighted by molar-refractivity contribution is 7.99. The van der Waals surface area contributed by atoms with Gasteiger partial charge in [-0.25, -0.2) is 4.98 Å². The van der Waals surface area contributed by atoms with Crippen LogP contribution in [0.3, 0.4) is 0 Å². The van der Waals surface area contributed by atoms with Crippen LogP contribution in [0.25, 0.3) is 0 Å². The molecule has 2 heterocycles. The van der Waals surface area contributed by atoms with E-state index < -0.39 is 0 Å². The van der Waals surface area contributed by atoms with Crippen molar-refractivity contribution in [1.29, 1.82) is 5.26 Å². The minimum absolute atomic E-state index is 0.251. The Labute approximate surface area is 131 Å². The van der Waals surface area contributed by atoms with Crippen LogP contribution in [0.1, 0.15) is 49.2 Å². The van der Waals surface area contributed by atoms with Crippen LogP contribution in [0, 0.1) is 11.3 Å². The quantitative estimate of drug-likeness (QED) is 0.862. The molecule has 2 aliphatic carbocycles. The number of hydrogen-bond donors (Lipinski definition) is 0. The first-order valence-electron chi connectivity index (χ1n) is 6.95. The summed E-state index contributed by atoms with van der Waals surface area (Å²) < 4.78 is 2.27. The lowest BCUT2D eigenvalue weighted by molar-refractivity contribution is 0.626. The first-order valence-corrected chi connectivity index (χ1v) is 8.15. The molecule has 0 amide bonds. The number of aromatic nitrogens is 4. The van der Waals surface area contributed by atoms with Gasteiger partial charge in [-0.1, -0.05) is 11.6 Å². The molecule has 0 bridgehead atoms. The average molecular weight is 318 g/mol. The Bertz CT molecular complexity index is 742. The maximum absolute atomic E-state index is 9.01. The molecule has 7 heteroatoms. The first-order chi connectivity index (χ1) is 10.3. The topological polar surface area (TPSA) is 67.4 Å². The van der Waals surface area contributed by atoms with Crippen molar-refractivity contribution in [3.8, 4) is 6.07 Å². The molecule has 5 nitrogen and oxygen atoms in total. The molecule has 0 aliphatic heterocycles. The lowest BCUT2D eigenvalue weighted by Crippen LogP contribution is -2.02. The van der Waals surface area contributed by atoms with Crippen molar-refractivity contribution >= 4 is 23.4 Å². The molecular weight excluding hydrogens is 306 g/mol. The van der Waals surface area contributed by atoms with Gasteiger partial charge in [0.25, 0.3) is 0 Å². The molecule has 21 heavy (non-hydrogen) atoms. The minimum Gasteiger partial charge on any atom is -0.302 e. The second-order valence-electron chi connectivity index (χ2n) is 5.41. The molecule has 0 atom stereocenters. The second-order valence-corrected chi connectivity index (χ2v) is 6.80. The van der Waals surface area contributed by atoms with Crippen LogP contribution < -0.4 is 0 Å². The second kappa shape index (κ2) is 5.00. The summed E-state index contributed by atoms with van der Waals surface area (Å²) in [5.74, 6) is 1.70. The zero-order valence-electron chi connectivity index (χ0n) is 11.2. The number of halogens is 1. The van der Waals surface area contributed by atoms with Crippen molar-refractivity contribution in [3.63, 3.8) is 0 Å². The van der Waals surface area contributed by atoms with Gasteiger partial charge in [-0.15, -0.1) is 10.2 Å². The Morgan fingerprint density at radius 2 is 2.05 bits per heavy atom. The Morgan fingerprint density at radius 1 is 1.24 bits per heavy atom. The maximum Gasteiger partial charge on any atom is 0.197 e. The highest BCUT2D eigenvalue weighted by Gasteiger charge is 2.36. The number of hydrogen-bond acceptors (Lipinski definition) is 5. The van der Waals surface area contributed by atoms with Crippen molar-refractivity contribution in [2.24, 2.45) is 0 Å². The summed E-state index contributed by atoms with van der Waals surface area (Å²) in [6.45, 7) is 0. The van der Waals surface area contributed by atoms with Crippen LogP contribution in [-0.4, -0.2) is 19.7 Å². The van der Waals surface area contributed by atoms with E-state index in [0.29, 0.717) is 17.0 Å². The number of nitrogens with zero attached hydrogens (tertiary/aromatic N) is 5. The minimum atomic E-state index is 0.251. The molecule has 4 rings (SSSR count). The van der Waals surface area contributed by atoms with Gasteiger partial charge in [-0.2, -0.15) is 5.26 Å². The summed E-state index contributed by atoms with van der Waals surface area (Å²) in [7, 11) is 0. The van der Waals surface area contributed by atoms with Crippen LogP contribution in [0.5, 0.6) is 0 Å². The van der Waals surface area contributed by atoms with Crippen molar-refractivity contribution < 1.29 is 0 Å². The van der Waals surface area contributed by atoms with Gasteiger partial charge in [0.1, 0.15) is 16.9 Å². The lowest BCUT2D eigenvalue weighted by atomic mass is 10.4. The van der Waals surface area contributed by atoms with E-state index >= 15 is 0 Å². The molecule has 0 radical (unpaired) electrons. The van der Waals surface area contributed by atoms with Gasteiger partial charge in [-0.3, -0.25) is 0 Å². The van der Waals surface area contributed by atoms with Crippen molar-refractivity contribution in [3.05, 3.63) is 28.7 Å². The molecule has 0 saturated heterocycles. The van der Waals surface area contributed by atoms with Crippen LogP contribution >= 0.6 is 23.4 Å². The standard InChI is InChI=1S/C14H12ClN5S/c15-10-5-6-12(17-11(10)7-16)21-14-19-18-13(8-1-2-8)20(14)9-3-4-9/h5-6,8-9H,1-4H2. The van der Waals surface area contributed by atoms with Crippen LogP contribution in [0.15, 0.2) is 22.3 Å². The van der Waals surface area contributed by atoms with Crippen molar-refractivity contribution in [1.82, 2.24) is 19.7 Å². The maximum atomic E-state index is 9.01. The van der Waals surface area contributed by atoms with Gasteiger partial charge in [-0.05, 0) is 49.6 Å². The van der Waals surface area contributed by atoms with Crippen LogP contribution in [-0.2, 0) is 0 Å². The fraction of sp³-hybridized carbons (Fsp3) is 0.429. The fourth-order valence-electron chi connectivity index (χ4n) is 2.31. The van der Waals surface area contributed by atoms with Gasteiger partial charge in [0.2, 0.25) is 0 Å². The van der Waals surface area contributed by atoms with E-state index in [2.05, 4.69) is 19.7 Å². The Hall–Kier alpha value is -1.58. The summed E-state index contributed by atoms with van der Waals surface area (Å²) in [6.07, 6.45) is 4.83. The largest absolute Gasteiger partial charge is 0.302 e. The summed E-state index contributed by atoms with van der Waals surface area (Å²) in [6, 6.07) is 6.07. The number of pyridine rings is 1. The van der Waals surface area contributed by atoms with E-state index in [4.69, 9.17) is 16.9 Å². The van der Waals surface area contributed by atoms with Gasteiger partial charge in [0.15, 0.2) is 10.9 Å². The number of rotatable bonds is 4. The Kier molecular flexibility index (Phi) is 3.12. The third-order valence-corrected chi connectivity index (χ3v) is 4.87. The van der Waals surface area contributed by atoms with E-state index in [1.54, 1.807) is 6.07 Å². The molecule has 2 saturated carbocycles. The molecule has 0 N–H and O–H groups in total. The molecule has 0 unspecified atom stereocenters. The Balaban J connectivity index is 1.67. The molecule has 2 aliphatic rings. The lowest BCUT2D eigenvalue weighted by Gasteiger charge is -2.07. The third-order valence-electron chi connectivity index (χ3n) is 3.67. The highest BCUT2D eigenvalue weighted by atomic mass is 35.5. The molecule has 2 aromatic heterocycles. The summed E-state index contributed by atoms with van der Waals surface area (Å²) in [4.78, 5) is 4.27. The SMILES string of the molecule is N#Cc1nc(Sc2nnc(C3CC3)n2C2CC2)ccc1Cl. The van der Waals surface area contributed by atoms with Gasteiger partial charge in [0.05, 0.1) is 5.02 Å². The molecular formula is C14H12ClN5S. The van der Waals surface area contributed by atoms with E-state index in [9.17, 15) is 0 Å². The van der Waals surface area contributed by atoms with Crippen molar-refractivity contribution in [2.45, 2.75) is 47.8 Å². The Morgan fingerprint density at radius 3 is 2.71 bits per heavy atom. The highest BCUT2D eigenvalue weighted by Crippen LogP contribution is 2.46. The average Bonchev–Trinajstić information content (AvgIpc) is 3.40. The summed E-state index contributed by atoms with van der Waals surface area (Å²) in [5, 5.41) is 19.7. The zero-order valence-corrected chi connectivity index (χ0v) is 12.7. The summed E-state index contributed by atoms with van der Waals surface area (Å²) >= 11 is 7.37. The normalized spacial score (nSPS) is 17.7. The van der Waals surface area contributed by atoms with E-state index in [1.165, 1.54) is 37.4 Å². The zero-order chi connectivity index (χ0) is 14.4. The fourth-order valence-corrected chi connectivity index (χ4v) is 3.34. The van der Waals surface area contributed by atoms with Gasteiger partial charge < -0.3 is 4.57 Å². The predicted molar refractivity (Wildman–Crippen MR) is 78.4 cm³/mol. The molecule has 0 aromatic carbocycles. The first kappa shape index (κ1) is 13.1. The van der Waals surface area contributed by atoms with Gasteiger partial charge >= 0.3 is 0 Å². The van der Waals surface area contributed by atoms with E-state index in [1.807, 2.05) is 12.1 Å². The molecule has 2 aromatic rings. The smallest absolute Gasteiger partial charge is 0.197 e. The van der Waals surface area contributed by atoms with E-state index in [-0.39, 0.29) is 5.69 Å². The van der Waals surface area contributed by atoms with Gasteiger partial charge in [0, 0.05) is 12.0 Å². The van der Waals surface area contributed by atoms with Crippen LogP contribution in [0.2, 0.25) is 5.02 Å². The molecule has 2 fully saturated rings.